The van der Waals surface area contributed by atoms with Crippen molar-refractivity contribution in [2.75, 3.05) is 17.2 Å². The van der Waals surface area contributed by atoms with Crippen LogP contribution in [0.3, 0.4) is 0 Å². The van der Waals surface area contributed by atoms with E-state index in [0.29, 0.717) is 17.8 Å². The van der Waals surface area contributed by atoms with E-state index >= 15 is 0 Å². The molecule has 3 N–H and O–H groups in total. The summed E-state index contributed by atoms with van der Waals surface area (Å²) in [6.07, 6.45) is 7.03. The minimum atomic E-state index is -0.270. The second-order valence-electron chi connectivity index (χ2n) is 4.67. The number of terminal acetylenes is 1. The van der Waals surface area contributed by atoms with E-state index in [-0.39, 0.29) is 42.3 Å². The molecule has 1 aliphatic heterocycles. The molecule has 1 aliphatic rings. The molecule has 2 aromatic rings. The lowest BCUT2D eigenvalue weighted by Crippen LogP contribution is -2.26. The van der Waals surface area contributed by atoms with Crippen LogP contribution in [-0.4, -0.2) is 37.5 Å². The van der Waals surface area contributed by atoms with E-state index in [4.69, 9.17) is 17.3 Å². The molecule has 0 aromatic carbocycles. The fourth-order valence-corrected chi connectivity index (χ4v) is 2.23. The van der Waals surface area contributed by atoms with Gasteiger partial charge in [-0.25, -0.2) is 9.97 Å². The van der Waals surface area contributed by atoms with Gasteiger partial charge in [-0.1, -0.05) is 0 Å². The standard InChI is InChI=1S/C13H12N6O2/c1-2-7-3-9(21)19(5-7)12-10-11(17-13(14)18-12)15-4-8(6-20)16-10/h1,4,7,20H,3,5-6H2,(H2,14,15,17,18). The summed E-state index contributed by atoms with van der Waals surface area (Å²) in [4.78, 5) is 29.9. The number of nitrogens with two attached hydrogens (primary N) is 1. The van der Waals surface area contributed by atoms with E-state index in [2.05, 4.69) is 25.9 Å². The van der Waals surface area contributed by atoms with Crippen molar-refractivity contribution in [2.45, 2.75) is 13.0 Å². The van der Waals surface area contributed by atoms with Crippen molar-refractivity contribution in [1.82, 2.24) is 19.9 Å². The van der Waals surface area contributed by atoms with Crippen LogP contribution < -0.4 is 10.6 Å². The molecule has 1 fully saturated rings. The SMILES string of the molecule is C#CC1CC(=O)N(c2nc(N)nc3ncc(CO)nc23)C1. The van der Waals surface area contributed by atoms with Gasteiger partial charge in [-0.2, -0.15) is 9.97 Å². The molecular formula is C13H12N6O2. The Morgan fingerprint density at radius 2 is 2.29 bits per heavy atom. The highest BCUT2D eigenvalue weighted by atomic mass is 16.3. The molecule has 3 rings (SSSR count). The Morgan fingerprint density at radius 1 is 1.48 bits per heavy atom. The number of rotatable bonds is 2. The number of nitrogens with zero attached hydrogens (tertiary/aromatic N) is 5. The summed E-state index contributed by atoms with van der Waals surface area (Å²) in [7, 11) is 0. The van der Waals surface area contributed by atoms with E-state index in [1.54, 1.807) is 0 Å². The van der Waals surface area contributed by atoms with Crippen molar-refractivity contribution in [3.05, 3.63) is 11.9 Å². The number of carbonyl (C=O) groups is 1. The minimum absolute atomic E-state index is 0.000469. The third-order valence-electron chi connectivity index (χ3n) is 3.23. The maximum atomic E-state index is 12.1. The Morgan fingerprint density at radius 3 is 2.95 bits per heavy atom. The van der Waals surface area contributed by atoms with E-state index in [0.717, 1.165) is 0 Å². The zero-order valence-corrected chi connectivity index (χ0v) is 11.0. The van der Waals surface area contributed by atoms with Gasteiger partial charge in [0.15, 0.2) is 17.0 Å². The van der Waals surface area contributed by atoms with Crippen LogP contribution in [0.4, 0.5) is 11.8 Å². The van der Waals surface area contributed by atoms with Gasteiger partial charge >= 0.3 is 0 Å². The molecule has 0 radical (unpaired) electrons. The van der Waals surface area contributed by atoms with Gasteiger partial charge in [0.1, 0.15) is 0 Å². The Bertz CT molecular complexity index is 769. The number of anilines is 2. The molecule has 8 heteroatoms. The molecule has 3 heterocycles. The summed E-state index contributed by atoms with van der Waals surface area (Å²) in [5.74, 6) is 2.53. The highest BCUT2D eigenvalue weighted by molar-refractivity contribution is 6.01. The van der Waals surface area contributed by atoms with Crippen molar-refractivity contribution in [3.8, 4) is 12.3 Å². The molecular weight excluding hydrogens is 272 g/mol. The van der Waals surface area contributed by atoms with Crippen molar-refractivity contribution >= 4 is 28.8 Å². The van der Waals surface area contributed by atoms with Crippen molar-refractivity contribution in [3.63, 3.8) is 0 Å². The van der Waals surface area contributed by atoms with Crippen LogP contribution in [0.25, 0.3) is 11.2 Å². The maximum Gasteiger partial charge on any atom is 0.229 e. The molecule has 1 unspecified atom stereocenters. The highest BCUT2D eigenvalue weighted by Gasteiger charge is 2.32. The fourth-order valence-electron chi connectivity index (χ4n) is 2.23. The summed E-state index contributed by atoms with van der Waals surface area (Å²) in [6, 6.07) is 0. The number of hydrogen-bond acceptors (Lipinski definition) is 7. The van der Waals surface area contributed by atoms with Crippen LogP contribution in [0.1, 0.15) is 12.1 Å². The van der Waals surface area contributed by atoms with Crippen LogP contribution in [-0.2, 0) is 11.4 Å². The lowest BCUT2D eigenvalue weighted by Gasteiger charge is -2.16. The highest BCUT2D eigenvalue weighted by Crippen LogP contribution is 2.28. The molecule has 21 heavy (non-hydrogen) atoms. The molecule has 1 saturated heterocycles. The Kier molecular flexibility index (Phi) is 3.12. The van der Waals surface area contributed by atoms with E-state index < -0.39 is 0 Å². The number of aliphatic hydroxyl groups excluding tert-OH is 1. The van der Waals surface area contributed by atoms with Gasteiger partial charge in [0, 0.05) is 18.9 Å². The van der Waals surface area contributed by atoms with Crippen LogP contribution in [0.5, 0.6) is 0 Å². The summed E-state index contributed by atoms with van der Waals surface area (Å²) >= 11 is 0. The van der Waals surface area contributed by atoms with E-state index in [1.165, 1.54) is 11.1 Å². The average Bonchev–Trinajstić information content (AvgIpc) is 2.87. The zero-order valence-electron chi connectivity index (χ0n) is 11.0. The molecule has 0 aliphatic carbocycles. The Balaban J connectivity index is 2.17. The fraction of sp³-hybridized carbons (Fsp3) is 0.308. The second kappa shape index (κ2) is 4.96. The van der Waals surface area contributed by atoms with Crippen molar-refractivity contribution in [2.24, 2.45) is 5.92 Å². The number of aliphatic hydroxyl groups is 1. The number of hydrogen-bond donors (Lipinski definition) is 2. The summed E-state index contributed by atoms with van der Waals surface area (Å²) in [6.45, 7) is 0.0829. The molecule has 106 valence electrons. The molecule has 0 saturated carbocycles. The first-order valence-corrected chi connectivity index (χ1v) is 6.29. The molecule has 0 spiro atoms. The molecule has 1 atom stereocenters. The predicted octanol–water partition coefficient (Wildman–Crippen LogP) is -0.520. The smallest absolute Gasteiger partial charge is 0.229 e. The average molecular weight is 284 g/mol. The topological polar surface area (TPSA) is 118 Å². The van der Waals surface area contributed by atoms with Crippen LogP contribution in [0.2, 0.25) is 0 Å². The molecule has 8 nitrogen and oxygen atoms in total. The van der Waals surface area contributed by atoms with Crippen LogP contribution in [0.15, 0.2) is 6.20 Å². The molecule has 1 amide bonds. The first kappa shape index (κ1) is 13.2. The maximum absolute atomic E-state index is 12.1. The van der Waals surface area contributed by atoms with E-state index in [9.17, 15) is 4.79 Å². The first-order valence-electron chi connectivity index (χ1n) is 6.29. The van der Waals surface area contributed by atoms with Gasteiger partial charge in [-0.05, 0) is 0 Å². The van der Waals surface area contributed by atoms with Gasteiger partial charge in [0.05, 0.1) is 18.5 Å². The molecule has 2 aromatic heterocycles. The van der Waals surface area contributed by atoms with Crippen LogP contribution in [0, 0.1) is 18.3 Å². The van der Waals surface area contributed by atoms with E-state index in [1.807, 2.05) is 0 Å². The normalized spacial score (nSPS) is 18.2. The lowest BCUT2D eigenvalue weighted by atomic mass is 10.1. The monoisotopic (exact) mass is 284 g/mol. The number of amides is 1. The number of carbonyl (C=O) groups excluding carboxylic acids is 1. The summed E-state index contributed by atoms with van der Waals surface area (Å²) in [5.41, 5.74) is 6.61. The van der Waals surface area contributed by atoms with Crippen molar-refractivity contribution in [1.29, 1.82) is 0 Å². The Hall–Kier alpha value is -2.79. The number of nitrogen functional groups attached to an aromatic ring is 1. The quantitative estimate of drug-likeness (QED) is 0.712. The third kappa shape index (κ3) is 2.23. The predicted molar refractivity (Wildman–Crippen MR) is 74.8 cm³/mol. The minimum Gasteiger partial charge on any atom is -0.390 e. The largest absolute Gasteiger partial charge is 0.390 e. The summed E-state index contributed by atoms with van der Waals surface area (Å²) < 4.78 is 0. The number of aromatic nitrogens is 4. The van der Waals surface area contributed by atoms with Crippen molar-refractivity contribution < 1.29 is 9.90 Å². The van der Waals surface area contributed by atoms with Gasteiger partial charge in [0.25, 0.3) is 0 Å². The lowest BCUT2D eigenvalue weighted by molar-refractivity contribution is -0.117. The van der Waals surface area contributed by atoms with Gasteiger partial charge in [0.2, 0.25) is 11.9 Å². The number of fused-ring (bicyclic) bond motifs is 1. The first-order chi connectivity index (χ1) is 10.1. The van der Waals surface area contributed by atoms with Gasteiger partial charge in [-0.15, -0.1) is 12.3 Å². The second-order valence-corrected chi connectivity index (χ2v) is 4.67. The van der Waals surface area contributed by atoms with Gasteiger partial charge < -0.3 is 10.8 Å². The summed E-state index contributed by atoms with van der Waals surface area (Å²) in [5, 5.41) is 9.16. The Labute approximate surface area is 120 Å². The zero-order chi connectivity index (χ0) is 15.0. The van der Waals surface area contributed by atoms with Crippen LogP contribution >= 0.6 is 0 Å². The third-order valence-corrected chi connectivity index (χ3v) is 3.23. The van der Waals surface area contributed by atoms with Gasteiger partial charge in [-0.3, -0.25) is 9.69 Å². The molecule has 0 bridgehead atoms.